The molecule has 7 rings (SSSR count). The van der Waals surface area contributed by atoms with Gasteiger partial charge in [-0.05, 0) is 67.4 Å². The molecule has 0 unspecified atom stereocenters. The van der Waals surface area contributed by atoms with Gasteiger partial charge in [0.05, 0.1) is 11.9 Å². The van der Waals surface area contributed by atoms with Crippen LogP contribution in [-0.4, -0.2) is 21.4 Å². The third-order valence-electron chi connectivity index (χ3n) is 7.52. The third kappa shape index (κ3) is 3.34. The second-order valence-corrected chi connectivity index (χ2v) is 9.62. The van der Waals surface area contributed by atoms with Crippen LogP contribution in [0.15, 0.2) is 64.5 Å². The number of benzene rings is 2. The largest absolute Gasteiger partial charge is 0.292 e. The maximum Gasteiger partial charge on any atom is 0.292 e. The molecule has 6 heteroatoms. The fraction of sp³-hybridized carbons (Fsp3) is 0.385. The zero-order chi connectivity index (χ0) is 21.7. The molecule has 0 aliphatic heterocycles. The van der Waals surface area contributed by atoms with Crippen molar-refractivity contribution in [3.63, 3.8) is 0 Å². The lowest BCUT2D eigenvalue weighted by molar-refractivity contribution is 0.0937. The molecule has 0 spiro atoms. The number of aromatic nitrogens is 2. The smallest absolute Gasteiger partial charge is 0.267 e. The number of carbonyl (C=O) groups is 1. The number of nitrogens with one attached hydrogen (secondary N) is 1. The van der Waals surface area contributed by atoms with Gasteiger partial charge >= 0.3 is 0 Å². The van der Waals surface area contributed by atoms with E-state index in [1.54, 1.807) is 12.1 Å². The number of fused-ring (bicyclic) bond motifs is 1. The molecule has 2 aromatic carbocycles. The monoisotopic (exact) mass is 426 g/mol. The van der Waals surface area contributed by atoms with E-state index in [0.717, 1.165) is 17.4 Å². The number of carbonyl (C=O) groups excluding carboxylic acids is 1. The third-order valence-corrected chi connectivity index (χ3v) is 7.52. The molecule has 162 valence electrons. The number of rotatable bonds is 4. The van der Waals surface area contributed by atoms with E-state index in [2.05, 4.69) is 15.6 Å². The Labute approximate surface area is 186 Å². The standard InChI is InChI=1S/C26H26N4O2/c31-25(28-27-23-19-11-17-10-18(13-19)14-20(23)12-17)24-21-8-4-5-9-22(21)26(32)30(29-24)15-16-6-2-1-3-7-16/h1-9,17-20H,10-15H2,(H,28,31). The summed E-state index contributed by atoms with van der Waals surface area (Å²) in [4.78, 5) is 26.2. The van der Waals surface area contributed by atoms with E-state index in [1.165, 1.54) is 42.5 Å². The average molecular weight is 427 g/mol. The highest BCUT2D eigenvalue weighted by molar-refractivity contribution is 6.05. The summed E-state index contributed by atoms with van der Waals surface area (Å²) in [7, 11) is 0. The van der Waals surface area contributed by atoms with E-state index in [0.29, 0.717) is 29.2 Å². The van der Waals surface area contributed by atoms with Crippen molar-refractivity contribution in [2.75, 3.05) is 0 Å². The normalized spacial score (nSPS) is 25.8. The van der Waals surface area contributed by atoms with Crippen LogP contribution in [-0.2, 0) is 6.54 Å². The maximum atomic E-state index is 13.2. The lowest BCUT2D eigenvalue weighted by Gasteiger charge is -2.50. The fourth-order valence-corrected chi connectivity index (χ4v) is 6.28. The Morgan fingerprint density at radius 1 is 0.906 bits per heavy atom. The Hall–Kier alpha value is -3.28. The minimum Gasteiger partial charge on any atom is -0.267 e. The molecule has 4 saturated carbocycles. The van der Waals surface area contributed by atoms with Gasteiger partial charge in [0.15, 0.2) is 5.69 Å². The Morgan fingerprint density at radius 3 is 2.22 bits per heavy atom. The first-order valence-electron chi connectivity index (χ1n) is 11.6. The molecule has 4 aliphatic rings. The first-order valence-corrected chi connectivity index (χ1v) is 11.6. The Morgan fingerprint density at radius 2 is 1.53 bits per heavy atom. The minimum absolute atomic E-state index is 0.201. The van der Waals surface area contributed by atoms with E-state index in [-0.39, 0.29) is 17.2 Å². The molecule has 32 heavy (non-hydrogen) atoms. The van der Waals surface area contributed by atoms with Crippen molar-refractivity contribution in [3.8, 4) is 0 Å². The van der Waals surface area contributed by atoms with Crippen LogP contribution >= 0.6 is 0 Å². The molecule has 1 aromatic heterocycles. The van der Waals surface area contributed by atoms with Gasteiger partial charge in [-0.25, -0.2) is 10.1 Å². The summed E-state index contributed by atoms with van der Waals surface area (Å²) in [5, 5.41) is 10.2. The van der Waals surface area contributed by atoms with Gasteiger partial charge in [0.25, 0.3) is 11.5 Å². The minimum atomic E-state index is -0.357. The average Bonchev–Trinajstić information content (AvgIpc) is 2.80. The molecule has 1 heterocycles. The number of hydrogen-bond donors (Lipinski definition) is 1. The van der Waals surface area contributed by atoms with Crippen LogP contribution in [0.1, 0.15) is 48.2 Å². The van der Waals surface area contributed by atoms with Crippen LogP contribution in [0, 0.1) is 23.7 Å². The molecule has 0 radical (unpaired) electrons. The van der Waals surface area contributed by atoms with Gasteiger partial charge < -0.3 is 0 Å². The van der Waals surface area contributed by atoms with Gasteiger partial charge in [-0.3, -0.25) is 9.59 Å². The first-order chi connectivity index (χ1) is 15.7. The van der Waals surface area contributed by atoms with E-state index in [4.69, 9.17) is 0 Å². The molecule has 3 aromatic rings. The highest BCUT2D eigenvalue weighted by Crippen LogP contribution is 2.52. The number of hydrazone groups is 1. The summed E-state index contributed by atoms with van der Waals surface area (Å²) >= 11 is 0. The summed E-state index contributed by atoms with van der Waals surface area (Å²) in [6.45, 7) is 0.312. The second kappa shape index (κ2) is 7.69. The van der Waals surface area contributed by atoms with Crippen LogP contribution in [0.25, 0.3) is 10.8 Å². The van der Waals surface area contributed by atoms with Crippen molar-refractivity contribution in [3.05, 3.63) is 76.2 Å². The van der Waals surface area contributed by atoms with Crippen LogP contribution in [0.2, 0.25) is 0 Å². The van der Waals surface area contributed by atoms with E-state index >= 15 is 0 Å². The van der Waals surface area contributed by atoms with Crippen molar-refractivity contribution in [1.82, 2.24) is 15.2 Å². The quantitative estimate of drug-likeness (QED) is 0.641. The zero-order valence-electron chi connectivity index (χ0n) is 17.9. The lowest BCUT2D eigenvalue weighted by Crippen LogP contribution is -2.46. The molecule has 1 amide bonds. The summed E-state index contributed by atoms with van der Waals surface area (Å²) in [6.07, 6.45) is 6.23. The van der Waals surface area contributed by atoms with Gasteiger partial charge in [0, 0.05) is 11.1 Å². The molecular weight excluding hydrogens is 400 g/mol. The van der Waals surface area contributed by atoms with Crippen LogP contribution in [0.4, 0.5) is 0 Å². The molecule has 4 bridgehead atoms. The zero-order valence-corrected chi connectivity index (χ0v) is 17.9. The number of amides is 1. The molecule has 6 nitrogen and oxygen atoms in total. The molecule has 4 aliphatic carbocycles. The lowest BCUT2D eigenvalue weighted by atomic mass is 9.55. The second-order valence-electron chi connectivity index (χ2n) is 9.62. The predicted molar refractivity (Wildman–Crippen MR) is 123 cm³/mol. The van der Waals surface area contributed by atoms with Crippen molar-refractivity contribution in [2.45, 2.75) is 38.6 Å². The van der Waals surface area contributed by atoms with E-state index < -0.39 is 0 Å². The van der Waals surface area contributed by atoms with E-state index in [1.807, 2.05) is 42.5 Å². The highest BCUT2D eigenvalue weighted by Gasteiger charge is 2.46. The fourth-order valence-electron chi connectivity index (χ4n) is 6.28. The van der Waals surface area contributed by atoms with Gasteiger partial charge in [0.2, 0.25) is 0 Å². The molecule has 0 atom stereocenters. The van der Waals surface area contributed by atoms with Gasteiger partial charge in [-0.1, -0.05) is 48.5 Å². The molecule has 0 saturated heterocycles. The van der Waals surface area contributed by atoms with Crippen molar-refractivity contribution in [1.29, 1.82) is 0 Å². The van der Waals surface area contributed by atoms with Gasteiger partial charge in [0.1, 0.15) is 0 Å². The first kappa shape index (κ1) is 19.4. The van der Waals surface area contributed by atoms with Crippen LogP contribution < -0.4 is 11.0 Å². The predicted octanol–water partition coefficient (Wildman–Crippen LogP) is 3.99. The molecular formula is C26H26N4O2. The van der Waals surface area contributed by atoms with Crippen molar-refractivity contribution in [2.24, 2.45) is 28.8 Å². The number of nitrogens with zero attached hydrogens (tertiary/aromatic N) is 3. The van der Waals surface area contributed by atoms with Crippen LogP contribution in [0.3, 0.4) is 0 Å². The van der Waals surface area contributed by atoms with Crippen molar-refractivity contribution >= 4 is 22.4 Å². The Balaban J connectivity index is 1.33. The van der Waals surface area contributed by atoms with Gasteiger partial charge in [-0.15, -0.1) is 0 Å². The maximum absolute atomic E-state index is 13.2. The number of hydrogen-bond acceptors (Lipinski definition) is 4. The molecule has 4 fully saturated rings. The topological polar surface area (TPSA) is 76.3 Å². The Bertz CT molecular complexity index is 1250. The van der Waals surface area contributed by atoms with E-state index in [9.17, 15) is 9.59 Å². The summed E-state index contributed by atoms with van der Waals surface area (Å²) in [5.41, 5.74) is 4.97. The summed E-state index contributed by atoms with van der Waals surface area (Å²) in [6, 6.07) is 16.8. The van der Waals surface area contributed by atoms with Gasteiger partial charge in [-0.2, -0.15) is 10.2 Å². The Kier molecular flexibility index (Phi) is 4.67. The highest BCUT2D eigenvalue weighted by atomic mass is 16.2. The summed E-state index contributed by atoms with van der Waals surface area (Å²) < 4.78 is 1.38. The van der Waals surface area contributed by atoms with Crippen LogP contribution in [0.5, 0.6) is 0 Å². The summed E-state index contributed by atoms with van der Waals surface area (Å²) in [5.74, 6) is 2.37. The SMILES string of the molecule is O=C(NN=C1C2CC3CC(C2)CC1C3)c1nn(Cc2ccccc2)c(=O)c2ccccc12. The molecule has 1 N–H and O–H groups in total. The van der Waals surface area contributed by atoms with Crippen molar-refractivity contribution < 1.29 is 4.79 Å².